The molecule has 1 aromatic carbocycles. The summed E-state index contributed by atoms with van der Waals surface area (Å²) in [4.78, 5) is 2.33. The van der Waals surface area contributed by atoms with E-state index in [4.69, 9.17) is 0 Å². The van der Waals surface area contributed by atoms with Crippen LogP contribution in [0.15, 0.2) is 22.7 Å². The largest absolute Gasteiger partial charge is 0.312 e. The summed E-state index contributed by atoms with van der Waals surface area (Å²) in [6, 6.07) is 5.75. The van der Waals surface area contributed by atoms with E-state index in [1.54, 1.807) is 6.07 Å². The Hall–Kier alpha value is -0.450. The van der Waals surface area contributed by atoms with E-state index in [1.807, 2.05) is 6.07 Å². The highest BCUT2D eigenvalue weighted by atomic mass is 79.9. The summed E-state index contributed by atoms with van der Waals surface area (Å²) in [7, 11) is 0. The van der Waals surface area contributed by atoms with Gasteiger partial charge in [-0.3, -0.25) is 4.90 Å². The highest BCUT2D eigenvalue weighted by Gasteiger charge is 2.23. The number of rotatable bonds is 2. The number of piperazine rings is 1. The van der Waals surface area contributed by atoms with Crippen molar-refractivity contribution in [1.29, 1.82) is 0 Å². The van der Waals surface area contributed by atoms with E-state index < -0.39 is 0 Å². The van der Waals surface area contributed by atoms with Crippen LogP contribution < -0.4 is 5.32 Å². The molecule has 0 aliphatic carbocycles. The third-order valence-electron chi connectivity index (χ3n) is 3.36. The van der Waals surface area contributed by atoms with Gasteiger partial charge in [0.2, 0.25) is 0 Å². The van der Waals surface area contributed by atoms with E-state index in [-0.39, 0.29) is 11.9 Å². The molecule has 1 heterocycles. The minimum atomic E-state index is -0.119. The summed E-state index contributed by atoms with van der Waals surface area (Å²) in [5.74, 6) is -0.119. The van der Waals surface area contributed by atoms with Crippen molar-refractivity contribution in [2.75, 3.05) is 19.6 Å². The average molecular weight is 301 g/mol. The number of halogens is 2. The van der Waals surface area contributed by atoms with Crippen LogP contribution in [0.2, 0.25) is 0 Å². The van der Waals surface area contributed by atoms with E-state index in [2.05, 4.69) is 40.0 Å². The predicted molar refractivity (Wildman–Crippen MR) is 71.6 cm³/mol. The zero-order valence-electron chi connectivity index (χ0n) is 10.2. The molecular formula is C13H18BrFN2. The van der Waals surface area contributed by atoms with E-state index in [0.717, 1.165) is 29.7 Å². The van der Waals surface area contributed by atoms with Gasteiger partial charge in [-0.15, -0.1) is 0 Å². The molecule has 94 valence electrons. The normalized spacial score (nSPS) is 23.6. The molecule has 2 nitrogen and oxygen atoms in total. The molecule has 1 aliphatic rings. The van der Waals surface area contributed by atoms with Gasteiger partial charge in [-0.2, -0.15) is 0 Å². The van der Waals surface area contributed by atoms with Crippen LogP contribution in [0.25, 0.3) is 0 Å². The lowest BCUT2D eigenvalue weighted by Gasteiger charge is -2.36. The van der Waals surface area contributed by atoms with Gasteiger partial charge in [-0.05, 0) is 32.0 Å². The van der Waals surface area contributed by atoms with Gasteiger partial charge in [0.25, 0.3) is 0 Å². The molecule has 1 aromatic rings. The quantitative estimate of drug-likeness (QED) is 0.903. The summed E-state index contributed by atoms with van der Waals surface area (Å²) < 4.78 is 14.7. The molecule has 1 saturated heterocycles. The summed E-state index contributed by atoms with van der Waals surface area (Å²) >= 11 is 3.40. The monoisotopic (exact) mass is 300 g/mol. The summed E-state index contributed by atoms with van der Waals surface area (Å²) in [5.41, 5.74) is 0.772. The fourth-order valence-electron chi connectivity index (χ4n) is 2.35. The lowest BCUT2D eigenvalue weighted by atomic mass is 10.0. The first-order chi connectivity index (χ1) is 8.08. The number of nitrogens with one attached hydrogen (secondary N) is 1. The molecular weight excluding hydrogens is 283 g/mol. The fourth-order valence-corrected chi connectivity index (χ4v) is 2.72. The summed E-state index contributed by atoms with van der Waals surface area (Å²) in [6.07, 6.45) is 0. The van der Waals surface area contributed by atoms with Crippen LogP contribution in [0.1, 0.15) is 25.5 Å². The van der Waals surface area contributed by atoms with Crippen molar-refractivity contribution in [3.05, 3.63) is 34.1 Å². The van der Waals surface area contributed by atoms with Crippen LogP contribution in [-0.2, 0) is 0 Å². The van der Waals surface area contributed by atoms with E-state index >= 15 is 0 Å². The molecule has 0 spiro atoms. The second-order valence-corrected chi connectivity index (χ2v) is 5.61. The maximum absolute atomic E-state index is 13.8. The number of hydrogen-bond donors (Lipinski definition) is 1. The number of benzene rings is 1. The molecule has 2 atom stereocenters. The molecule has 4 heteroatoms. The van der Waals surface area contributed by atoms with Crippen molar-refractivity contribution in [1.82, 2.24) is 10.2 Å². The van der Waals surface area contributed by atoms with E-state index in [9.17, 15) is 4.39 Å². The molecule has 2 rings (SSSR count). The Labute approximate surface area is 110 Å². The third-order valence-corrected chi connectivity index (χ3v) is 3.85. The zero-order chi connectivity index (χ0) is 12.4. The van der Waals surface area contributed by atoms with Gasteiger partial charge in [-0.25, -0.2) is 4.39 Å². The topological polar surface area (TPSA) is 15.3 Å². The van der Waals surface area contributed by atoms with Gasteiger partial charge in [0, 0.05) is 41.8 Å². The molecule has 2 unspecified atom stereocenters. The Morgan fingerprint density at radius 2 is 2.29 bits per heavy atom. The Kier molecular flexibility index (Phi) is 4.17. The van der Waals surface area contributed by atoms with Crippen molar-refractivity contribution in [2.45, 2.75) is 25.9 Å². The standard InChI is InChI=1S/C13H18BrFN2/c1-9-8-17(6-5-16-9)10(2)12-7-11(14)3-4-13(12)15/h3-4,7,9-10,16H,5-6,8H2,1-2H3. The average Bonchev–Trinajstić information content (AvgIpc) is 2.31. The van der Waals surface area contributed by atoms with Gasteiger partial charge in [0.1, 0.15) is 5.82 Å². The third kappa shape index (κ3) is 3.06. The smallest absolute Gasteiger partial charge is 0.128 e. The van der Waals surface area contributed by atoms with Crippen LogP contribution in [0.3, 0.4) is 0 Å². The predicted octanol–water partition coefficient (Wildman–Crippen LogP) is 2.94. The van der Waals surface area contributed by atoms with Crippen molar-refractivity contribution in [2.24, 2.45) is 0 Å². The van der Waals surface area contributed by atoms with Gasteiger partial charge >= 0.3 is 0 Å². The molecule has 0 saturated carbocycles. The Morgan fingerprint density at radius 1 is 1.53 bits per heavy atom. The second-order valence-electron chi connectivity index (χ2n) is 4.69. The maximum Gasteiger partial charge on any atom is 0.128 e. The molecule has 1 fully saturated rings. The van der Waals surface area contributed by atoms with E-state index in [0.29, 0.717) is 6.04 Å². The SMILES string of the molecule is CC1CN(C(C)c2cc(Br)ccc2F)CCN1. The highest BCUT2D eigenvalue weighted by molar-refractivity contribution is 9.10. The van der Waals surface area contributed by atoms with Crippen LogP contribution in [-0.4, -0.2) is 30.6 Å². The lowest BCUT2D eigenvalue weighted by Crippen LogP contribution is -2.49. The first-order valence-electron chi connectivity index (χ1n) is 6.00. The Morgan fingerprint density at radius 3 is 3.00 bits per heavy atom. The van der Waals surface area contributed by atoms with Crippen LogP contribution in [0, 0.1) is 5.82 Å². The van der Waals surface area contributed by atoms with Crippen LogP contribution in [0.4, 0.5) is 4.39 Å². The molecule has 0 aromatic heterocycles. The fraction of sp³-hybridized carbons (Fsp3) is 0.538. The minimum Gasteiger partial charge on any atom is -0.312 e. The summed E-state index contributed by atoms with van der Waals surface area (Å²) in [6.45, 7) is 7.14. The highest BCUT2D eigenvalue weighted by Crippen LogP contribution is 2.26. The maximum atomic E-state index is 13.8. The van der Waals surface area contributed by atoms with Crippen molar-refractivity contribution in [3.63, 3.8) is 0 Å². The Bertz CT molecular complexity index is 397. The van der Waals surface area contributed by atoms with Crippen molar-refractivity contribution in [3.8, 4) is 0 Å². The summed E-state index contributed by atoms with van der Waals surface area (Å²) in [5, 5.41) is 3.40. The van der Waals surface area contributed by atoms with Gasteiger partial charge in [0.05, 0.1) is 0 Å². The number of nitrogens with zero attached hydrogens (tertiary/aromatic N) is 1. The first-order valence-corrected chi connectivity index (χ1v) is 6.79. The molecule has 1 N–H and O–H groups in total. The van der Waals surface area contributed by atoms with Gasteiger partial charge in [0.15, 0.2) is 0 Å². The lowest BCUT2D eigenvalue weighted by molar-refractivity contribution is 0.156. The molecule has 0 amide bonds. The first kappa shape index (κ1) is 13.0. The van der Waals surface area contributed by atoms with Crippen molar-refractivity contribution < 1.29 is 4.39 Å². The van der Waals surface area contributed by atoms with E-state index in [1.165, 1.54) is 6.07 Å². The minimum absolute atomic E-state index is 0.119. The van der Waals surface area contributed by atoms with Crippen LogP contribution in [0.5, 0.6) is 0 Å². The Balaban J connectivity index is 2.18. The molecule has 1 aliphatic heterocycles. The second kappa shape index (κ2) is 5.46. The number of hydrogen-bond acceptors (Lipinski definition) is 2. The van der Waals surface area contributed by atoms with Crippen molar-refractivity contribution >= 4 is 15.9 Å². The molecule has 17 heavy (non-hydrogen) atoms. The van der Waals surface area contributed by atoms with Gasteiger partial charge < -0.3 is 5.32 Å². The van der Waals surface area contributed by atoms with Crippen LogP contribution >= 0.6 is 15.9 Å². The molecule has 0 radical (unpaired) electrons. The van der Waals surface area contributed by atoms with Gasteiger partial charge in [-0.1, -0.05) is 15.9 Å². The molecule has 0 bridgehead atoms. The zero-order valence-corrected chi connectivity index (χ0v) is 11.8.